The first-order valence-corrected chi connectivity index (χ1v) is 5.83. The highest BCUT2D eigenvalue weighted by atomic mass is 79.9. The molecule has 0 saturated heterocycles. The minimum absolute atomic E-state index is 0.368. The number of benzene rings is 1. The van der Waals surface area contributed by atoms with Gasteiger partial charge in [0, 0.05) is 4.47 Å². The number of hydrogen-bond acceptors (Lipinski definition) is 2. The first kappa shape index (κ1) is 11.7. The maximum atomic E-state index is 10.6. The van der Waals surface area contributed by atoms with Gasteiger partial charge in [0.15, 0.2) is 12.4 Å². The van der Waals surface area contributed by atoms with Crippen molar-refractivity contribution in [3.63, 3.8) is 0 Å². The van der Waals surface area contributed by atoms with Crippen LogP contribution in [0.3, 0.4) is 0 Å². The van der Waals surface area contributed by atoms with Crippen molar-refractivity contribution >= 4 is 38.1 Å². The first-order chi connectivity index (χ1) is 6.67. The van der Waals surface area contributed by atoms with Gasteiger partial charge in [-0.25, -0.2) is 0 Å². The highest BCUT2D eigenvalue weighted by molar-refractivity contribution is 9.11. The molecule has 2 nitrogen and oxygen atoms in total. The van der Waals surface area contributed by atoms with Crippen LogP contribution in [0.4, 0.5) is 0 Å². The summed E-state index contributed by atoms with van der Waals surface area (Å²) in [5.41, 5.74) is 0. The Morgan fingerprint density at radius 3 is 2.71 bits per heavy atom. The summed E-state index contributed by atoms with van der Waals surface area (Å²) in [7, 11) is 0. The summed E-state index contributed by atoms with van der Waals surface area (Å²) in [6.45, 7) is 1.91. The number of ether oxygens (including phenoxy) is 1. The average molecular weight is 322 g/mol. The summed E-state index contributed by atoms with van der Waals surface area (Å²) in [5, 5.41) is 0. The van der Waals surface area contributed by atoms with E-state index in [1.807, 2.05) is 25.1 Å². The molecule has 0 radical (unpaired) electrons. The number of rotatable bonds is 4. The van der Waals surface area contributed by atoms with E-state index in [9.17, 15) is 4.79 Å². The topological polar surface area (TPSA) is 26.3 Å². The molecule has 0 amide bonds. The third-order valence-electron chi connectivity index (χ3n) is 1.73. The van der Waals surface area contributed by atoms with Gasteiger partial charge in [0.1, 0.15) is 5.75 Å². The van der Waals surface area contributed by atoms with Crippen LogP contribution in [0.5, 0.6) is 5.75 Å². The van der Waals surface area contributed by atoms with Crippen LogP contribution in [-0.4, -0.2) is 12.4 Å². The molecular weight excluding hydrogens is 312 g/mol. The van der Waals surface area contributed by atoms with Crippen molar-refractivity contribution in [2.75, 3.05) is 0 Å². The van der Waals surface area contributed by atoms with E-state index in [0.29, 0.717) is 12.2 Å². The van der Waals surface area contributed by atoms with Gasteiger partial charge >= 0.3 is 0 Å². The second-order valence-electron chi connectivity index (χ2n) is 2.78. The quantitative estimate of drug-likeness (QED) is 0.792. The molecule has 1 aromatic carbocycles. The molecule has 0 saturated carbocycles. The first-order valence-electron chi connectivity index (χ1n) is 4.24. The third-order valence-corrected chi connectivity index (χ3v) is 2.84. The molecule has 0 fully saturated rings. The van der Waals surface area contributed by atoms with Gasteiger partial charge in [0.25, 0.3) is 0 Å². The van der Waals surface area contributed by atoms with E-state index in [0.717, 1.165) is 15.2 Å². The lowest BCUT2D eigenvalue weighted by molar-refractivity contribution is -0.113. The van der Waals surface area contributed by atoms with Crippen LogP contribution in [0, 0.1) is 0 Å². The normalized spacial score (nSPS) is 12.2. The van der Waals surface area contributed by atoms with Gasteiger partial charge in [-0.05, 0) is 40.5 Å². The van der Waals surface area contributed by atoms with Crippen LogP contribution < -0.4 is 4.74 Å². The Morgan fingerprint density at radius 2 is 2.21 bits per heavy atom. The van der Waals surface area contributed by atoms with Crippen LogP contribution in [0.2, 0.25) is 0 Å². The SMILES string of the molecule is CCC(C=O)Oc1ccc(Br)cc1Br. The van der Waals surface area contributed by atoms with Crippen LogP contribution >= 0.6 is 31.9 Å². The highest BCUT2D eigenvalue weighted by Crippen LogP contribution is 2.28. The van der Waals surface area contributed by atoms with Crippen LogP contribution in [-0.2, 0) is 4.79 Å². The number of halogens is 2. The fraction of sp³-hybridized carbons (Fsp3) is 0.300. The fourth-order valence-electron chi connectivity index (χ4n) is 0.941. The highest BCUT2D eigenvalue weighted by Gasteiger charge is 2.08. The van der Waals surface area contributed by atoms with E-state index in [4.69, 9.17) is 4.74 Å². The van der Waals surface area contributed by atoms with Crippen molar-refractivity contribution in [2.45, 2.75) is 19.4 Å². The van der Waals surface area contributed by atoms with E-state index in [1.54, 1.807) is 0 Å². The molecule has 0 N–H and O–H groups in total. The average Bonchev–Trinajstić information content (AvgIpc) is 2.17. The molecule has 0 aromatic heterocycles. The largest absolute Gasteiger partial charge is 0.482 e. The monoisotopic (exact) mass is 320 g/mol. The zero-order valence-corrected chi connectivity index (χ0v) is 10.8. The summed E-state index contributed by atoms with van der Waals surface area (Å²) >= 11 is 6.70. The van der Waals surface area contributed by atoms with E-state index in [-0.39, 0.29) is 6.10 Å². The number of hydrogen-bond donors (Lipinski definition) is 0. The van der Waals surface area contributed by atoms with Gasteiger partial charge in [0.2, 0.25) is 0 Å². The minimum Gasteiger partial charge on any atom is -0.482 e. The molecule has 0 bridgehead atoms. The zero-order valence-electron chi connectivity index (χ0n) is 7.67. The van der Waals surface area contributed by atoms with Gasteiger partial charge < -0.3 is 4.74 Å². The maximum Gasteiger partial charge on any atom is 0.160 e. The summed E-state index contributed by atoms with van der Waals surface area (Å²) < 4.78 is 7.27. The summed E-state index contributed by atoms with van der Waals surface area (Å²) in [6.07, 6.45) is 1.12. The number of aldehydes is 1. The Hall–Kier alpha value is -0.350. The smallest absolute Gasteiger partial charge is 0.160 e. The summed E-state index contributed by atoms with van der Waals surface area (Å²) in [6, 6.07) is 5.57. The van der Waals surface area contributed by atoms with Crippen molar-refractivity contribution < 1.29 is 9.53 Å². The van der Waals surface area contributed by atoms with E-state index in [2.05, 4.69) is 31.9 Å². The predicted molar refractivity (Wildman–Crippen MR) is 62.6 cm³/mol. The molecular formula is C10H10Br2O2. The van der Waals surface area contributed by atoms with Crippen molar-refractivity contribution in [3.8, 4) is 5.75 Å². The molecule has 0 aliphatic carbocycles. The third kappa shape index (κ3) is 3.10. The fourth-order valence-corrected chi connectivity index (χ4v) is 2.08. The molecule has 1 rings (SSSR count). The molecule has 1 unspecified atom stereocenters. The van der Waals surface area contributed by atoms with Crippen molar-refractivity contribution in [1.82, 2.24) is 0 Å². The van der Waals surface area contributed by atoms with Crippen LogP contribution in [0.1, 0.15) is 13.3 Å². The molecule has 1 aromatic rings. The molecule has 0 aliphatic heterocycles. The Balaban J connectivity index is 2.80. The molecule has 4 heteroatoms. The summed E-state index contributed by atoms with van der Waals surface area (Å²) in [4.78, 5) is 10.6. The Kier molecular flexibility index (Phi) is 4.62. The lowest BCUT2D eigenvalue weighted by Gasteiger charge is -2.12. The molecule has 0 aliphatic rings. The lowest BCUT2D eigenvalue weighted by Crippen LogP contribution is -2.16. The molecule has 0 heterocycles. The van der Waals surface area contributed by atoms with E-state index >= 15 is 0 Å². The van der Waals surface area contributed by atoms with Crippen molar-refractivity contribution in [1.29, 1.82) is 0 Å². The predicted octanol–water partition coefficient (Wildman–Crippen LogP) is 3.57. The molecule has 76 valence electrons. The molecule has 14 heavy (non-hydrogen) atoms. The van der Waals surface area contributed by atoms with Gasteiger partial charge in [-0.3, -0.25) is 4.79 Å². The van der Waals surface area contributed by atoms with Gasteiger partial charge in [-0.1, -0.05) is 22.9 Å². The summed E-state index contributed by atoms with van der Waals surface area (Å²) in [5.74, 6) is 0.687. The van der Waals surface area contributed by atoms with Crippen LogP contribution in [0.15, 0.2) is 27.1 Å². The van der Waals surface area contributed by atoms with E-state index < -0.39 is 0 Å². The zero-order chi connectivity index (χ0) is 10.6. The minimum atomic E-state index is -0.368. The second kappa shape index (κ2) is 5.51. The Labute approximate surface area is 99.9 Å². The molecule has 1 atom stereocenters. The number of carbonyl (C=O) groups excluding carboxylic acids is 1. The van der Waals surface area contributed by atoms with Crippen LogP contribution in [0.25, 0.3) is 0 Å². The Morgan fingerprint density at radius 1 is 1.50 bits per heavy atom. The number of carbonyl (C=O) groups is 1. The maximum absolute atomic E-state index is 10.6. The molecule has 0 spiro atoms. The standard InChI is InChI=1S/C10H10Br2O2/c1-2-8(6-13)14-10-4-3-7(11)5-9(10)12/h3-6,8H,2H2,1H3. The second-order valence-corrected chi connectivity index (χ2v) is 4.55. The van der Waals surface area contributed by atoms with Crippen molar-refractivity contribution in [3.05, 3.63) is 27.1 Å². The van der Waals surface area contributed by atoms with Gasteiger partial charge in [-0.15, -0.1) is 0 Å². The van der Waals surface area contributed by atoms with Gasteiger partial charge in [0.05, 0.1) is 4.47 Å². The van der Waals surface area contributed by atoms with Gasteiger partial charge in [-0.2, -0.15) is 0 Å². The van der Waals surface area contributed by atoms with Crippen molar-refractivity contribution in [2.24, 2.45) is 0 Å². The van der Waals surface area contributed by atoms with E-state index in [1.165, 1.54) is 0 Å². The Bertz CT molecular complexity index is 326. The lowest BCUT2D eigenvalue weighted by atomic mass is 10.3.